The van der Waals surface area contributed by atoms with Crippen LogP contribution >= 0.6 is 0 Å². The first kappa shape index (κ1) is 23.1. The van der Waals surface area contributed by atoms with Gasteiger partial charge in [-0.15, -0.1) is 0 Å². The van der Waals surface area contributed by atoms with Crippen molar-refractivity contribution < 1.29 is 19.4 Å². The van der Waals surface area contributed by atoms with Crippen LogP contribution in [0.25, 0.3) is 0 Å². The number of ketones is 1. The molecule has 2 N–H and O–H groups in total. The van der Waals surface area contributed by atoms with Gasteiger partial charge in [0.1, 0.15) is 5.75 Å². The summed E-state index contributed by atoms with van der Waals surface area (Å²) in [5, 5.41) is 12.2. The number of carboxylic acids is 1. The first-order chi connectivity index (χ1) is 15.6. The molecule has 32 heavy (non-hydrogen) atoms. The minimum Gasteiger partial charge on any atom is -0.493 e. The van der Waals surface area contributed by atoms with Crippen LogP contribution in [-0.2, 0) is 17.6 Å². The summed E-state index contributed by atoms with van der Waals surface area (Å²) in [5.41, 5.74) is 4.15. The van der Waals surface area contributed by atoms with Crippen molar-refractivity contribution in [3.8, 4) is 5.75 Å². The zero-order valence-electron chi connectivity index (χ0n) is 18.3. The maximum Gasteiger partial charge on any atom is 0.307 e. The monoisotopic (exact) mass is 431 g/mol. The van der Waals surface area contributed by atoms with Gasteiger partial charge in [0.05, 0.1) is 13.0 Å². The van der Waals surface area contributed by atoms with Gasteiger partial charge in [0.2, 0.25) is 0 Å². The van der Waals surface area contributed by atoms with E-state index in [2.05, 4.69) is 12.2 Å². The molecule has 0 aliphatic rings. The van der Waals surface area contributed by atoms with Crippen molar-refractivity contribution in [1.82, 2.24) is 0 Å². The fraction of sp³-hybridized carbons (Fsp3) is 0.259. The zero-order chi connectivity index (χ0) is 22.8. The Morgan fingerprint density at radius 2 is 1.69 bits per heavy atom. The van der Waals surface area contributed by atoms with Crippen LogP contribution in [0.3, 0.4) is 0 Å². The summed E-state index contributed by atoms with van der Waals surface area (Å²) in [6.45, 7) is 3.42. The van der Waals surface area contributed by atoms with Crippen molar-refractivity contribution in [2.75, 3.05) is 18.5 Å². The van der Waals surface area contributed by atoms with Crippen molar-refractivity contribution in [3.05, 3.63) is 95.1 Å². The molecule has 3 aromatic rings. The zero-order valence-corrected chi connectivity index (χ0v) is 18.3. The number of benzene rings is 3. The molecular weight excluding hydrogens is 402 g/mol. The van der Waals surface area contributed by atoms with Gasteiger partial charge >= 0.3 is 5.97 Å². The maximum atomic E-state index is 12.7. The number of ether oxygens (including phenoxy) is 1. The summed E-state index contributed by atoms with van der Waals surface area (Å²) in [6.07, 6.45) is 2.67. The van der Waals surface area contributed by atoms with Gasteiger partial charge in [-0.25, -0.2) is 0 Å². The van der Waals surface area contributed by atoms with Crippen LogP contribution in [0.1, 0.15) is 46.8 Å². The Morgan fingerprint density at radius 3 is 2.38 bits per heavy atom. The van der Waals surface area contributed by atoms with Gasteiger partial charge < -0.3 is 15.2 Å². The van der Waals surface area contributed by atoms with E-state index in [-0.39, 0.29) is 12.2 Å². The Bertz CT molecular complexity index is 1030. The summed E-state index contributed by atoms with van der Waals surface area (Å²) in [4.78, 5) is 23.5. The molecule has 0 spiro atoms. The first-order valence-electron chi connectivity index (χ1n) is 11.0. The molecule has 0 saturated carbocycles. The van der Waals surface area contributed by atoms with Crippen LogP contribution in [0.5, 0.6) is 5.75 Å². The predicted octanol–water partition coefficient (Wildman–Crippen LogP) is 5.38. The van der Waals surface area contributed by atoms with Crippen molar-refractivity contribution in [3.63, 3.8) is 0 Å². The van der Waals surface area contributed by atoms with Gasteiger partial charge in [0.15, 0.2) is 5.78 Å². The molecule has 0 heterocycles. The standard InChI is InChI=1S/C27H29NO4/c1-2-7-22-19-23(27(31)21-8-4-3-5-9-21)12-15-25(22)32-17-6-16-28-24-13-10-20(11-14-24)18-26(29)30/h3-5,8-15,19,28H,2,6-7,16-18H2,1H3,(H,29,30). The highest BCUT2D eigenvalue weighted by atomic mass is 16.5. The largest absolute Gasteiger partial charge is 0.493 e. The van der Waals surface area contributed by atoms with E-state index in [1.807, 2.05) is 72.8 Å². The highest BCUT2D eigenvalue weighted by Gasteiger charge is 2.12. The SMILES string of the molecule is CCCc1cc(C(=O)c2ccccc2)ccc1OCCCNc1ccc(CC(=O)O)cc1. The number of carboxylic acid groups (broad SMARTS) is 1. The molecule has 0 bridgehead atoms. The molecular formula is C27H29NO4. The molecule has 0 radical (unpaired) electrons. The van der Waals surface area contributed by atoms with Gasteiger partial charge in [-0.3, -0.25) is 9.59 Å². The summed E-state index contributed by atoms with van der Waals surface area (Å²) in [5.74, 6) is 0.0188. The molecule has 0 aliphatic heterocycles. The fourth-order valence-corrected chi connectivity index (χ4v) is 3.48. The molecule has 0 amide bonds. The second kappa shape index (κ2) is 11.7. The lowest BCUT2D eigenvalue weighted by atomic mass is 9.99. The van der Waals surface area contributed by atoms with Crippen LogP contribution < -0.4 is 10.1 Å². The smallest absolute Gasteiger partial charge is 0.307 e. The number of aryl methyl sites for hydroxylation is 1. The van der Waals surface area contributed by atoms with E-state index in [0.717, 1.165) is 48.4 Å². The third-order valence-corrected chi connectivity index (χ3v) is 5.10. The maximum absolute atomic E-state index is 12.7. The van der Waals surface area contributed by atoms with Crippen LogP contribution in [0.2, 0.25) is 0 Å². The third-order valence-electron chi connectivity index (χ3n) is 5.10. The van der Waals surface area contributed by atoms with E-state index >= 15 is 0 Å². The number of carbonyl (C=O) groups is 2. The Morgan fingerprint density at radius 1 is 0.938 bits per heavy atom. The van der Waals surface area contributed by atoms with Crippen LogP contribution in [0.4, 0.5) is 5.69 Å². The van der Waals surface area contributed by atoms with Crippen molar-refractivity contribution in [2.24, 2.45) is 0 Å². The number of anilines is 1. The Hall–Kier alpha value is -3.60. The van der Waals surface area contributed by atoms with E-state index < -0.39 is 5.97 Å². The summed E-state index contributed by atoms with van der Waals surface area (Å²) in [6, 6.07) is 22.4. The number of hydrogen-bond donors (Lipinski definition) is 2. The van der Waals surface area contributed by atoms with Crippen LogP contribution in [0.15, 0.2) is 72.8 Å². The molecule has 3 aromatic carbocycles. The topological polar surface area (TPSA) is 75.6 Å². The number of carbonyl (C=O) groups excluding carboxylic acids is 1. The minimum absolute atomic E-state index is 0.0214. The summed E-state index contributed by atoms with van der Waals surface area (Å²) < 4.78 is 6.01. The average molecular weight is 432 g/mol. The van der Waals surface area contributed by atoms with Gasteiger partial charge in [0.25, 0.3) is 0 Å². The number of aliphatic carboxylic acids is 1. The molecule has 0 saturated heterocycles. The first-order valence-corrected chi connectivity index (χ1v) is 11.0. The van der Waals surface area contributed by atoms with E-state index in [1.165, 1.54) is 0 Å². The van der Waals surface area contributed by atoms with Crippen molar-refractivity contribution in [1.29, 1.82) is 0 Å². The molecule has 3 rings (SSSR count). The molecule has 0 aromatic heterocycles. The predicted molar refractivity (Wildman–Crippen MR) is 127 cm³/mol. The number of hydrogen-bond acceptors (Lipinski definition) is 4. The molecule has 166 valence electrons. The van der Waals surface area contributed by atoms with Crippen LogP contribution in [-0.4, -0.2) is 30.0 Å². The lowest BCUT2D eigenvalue weighted by molar-refractivity contribution is -0.136. The van der Waals surface area contributed by atoms with E-state index in [0.29, 0.717) is 17.7 Å². The second-order valence-corrected chi connectivity index (χ2v) is 7.66. The van der Waals surface area contributed by atoms with Gasteiger partial charge in [-0.05, 0) is 54.3 Å². The lowest BCUT2D eigenvalue weighted by Gasteiger charge is -2.13. The quantitative estimate of drug-likeness (QED) is 0.297. The van der Waals surface area contributed by atoms with E-state index in [4.69, 9.17) is 9.84 Å². The van der Waals surface area contributed by atoms with Crippen molar-refractivity contribution in [2.45, 2.75) is 32.6 Å². The van der Waals surface area contributed by atoms with E-state index in [1.54, 1.807) is 0 Å². The highest BCUT2D eigenvalue weighted by molar-refractivity contribution is 6.09. The second-order valence-electron chi connectivity index (χ2n) is 7.66. The Balaban J connectivity index is 1.52. The van der Waals surface area contributed by atoms with Gasteiger partial charge in [-0.1, -0.05) is 55.8 Å². The van der Waals surface area contributed by atoms with Crippen molar-refractivity contribution >= 4 is 17.4 Å². The highest BCUT2D eigenvalue weighted by Crippen LogP contribution is 2.24. The molecule has 5 heteroatoms. The summed E-state index contributed by atoms with van der Waals surface area (Å²) >= 11 is 0. The Kier molecular flexibility index (Phi) is 8.44. The average Bonchev–Trinajstić information content (AvgIpc) is 2.80. The van der Waals surface area contributed by atoms with Gasteiger partial charge in [-0.2, -0.15) is 0 Å². The fourth-order valence-electron chi connectivity index (χ4n) is 3.48. The Labute approximate surface area is 189 Å². The summed E-state index contributed by atoms with van der Waals surface area (Å²) in [7, 11) is 0. The normalized spacial score (nSPS) is 10.5. The molecule has 0 atom stereocenters. The lowest BCUT2D eigenvalue weighted by Crippen LogP contribution is -2.09. The van der Waals surface area contributed by atoms with E-state index in [9.17, 15) is 9.59 Å². The molecule has 0 fully saturated rings. The molecule has 0 aliphatic carbocycles. The molecule has 5 nitrogen and oxygen atoms in total. The van der Waals surface area contributed by atoms with Gasteiger partial charge in [0, 0.05) is 23.4 Å². The number of rotatable bonds is 12. The minimum atomic E-state index is -0.831. The molecule has 0 unspecified atom stereocenters. The number of nitrogens with one attached hydrogen (secondary N) is 1. The van der Waals surface area contributed by atoms with Crippen LogP contribution in [0, 0.1) is 0 Å². The third kappa shape index (κ3) is 6.71.